The lowest BCUT2D eigenvalue weighted by atomic mass is 10.2. The Morgan fingerprint density at radius 2 is 2.15 bits per heavy atom. The molecule has 0 aliphatic carbocycles. The molecule has 0 aliphatic heterocycles. The first-order valence-electron chi connectivity index (χ1n) is 8.14. The fourth-order valence-corrected chi connectivity index (χ4v) is 3.19. The van der Waals surface area contributed by atoms with Gasteiger partial charge in [-0.15, -0.1) is 0 Å². The SMILES string of the molecule is Cc1nn(C(C)C(=O)Nc2cccc(Cn3cc(Br)cn3)c2)c(C)c1Cl. The number of halogens is 2. The highest BCUT2D eigenvalue weighted by Gasteiger charge is 2.20. The van der Waals surface area contributed by atoms with Gasteiger partial charge >= 0.3 is 0 Å². The van der Waals surface area contributed by atoms with E-state index >= 15 is 0 Å². The molecule has 1 amide bonds. The van der Waals surface area contributed by atoms with Gasteiger partial charge in [-0.3, -0.25) is 14.2 Å². The number of hydrogen-bond acceptors (Lipinski definition) is 3. The summed E-state index contributed by atoms with van der Waals surface area (Å²) in [7, 11) is 0. The number of anilines is 1. The number of aromatic nitrogens is 4. The first kappa shape index (κ1) is 18.7. The van der Waals surface area contributed by atoms with Crippen LogP contribution in [0.5, 0.6) is 0 Å². The predicted molar refractivity (Wildman–Crippen MR) is 106 cm³/mol. The van der Waals surface area contributed by atoms with Gasteiger partial charge in [0.15, 0.2) is 0 Å². The number of nitrogens with zero attached hydrogens (tertiary/aromatic N) is 4. The molecule has 1 aromatic carbocycles. The van der Waals surface area contributed by atoms with Crippen LogP contribution in [0.1, 0.15) is 29.9 Å². The fourth-order valence-electron chi connectivity index (χ4n) is 2.74. The molecule has 3 rings (SSSR count). The third kappa shape index (κ3) is 3.99. The van der Waals surface area contributed by atoms with Crippen LogP contribution >= 0.6 is 27.5 Å². The van der Waals surface area contributed by atoms with Crippen LogP contribution in [0.4, 0.5) is 5.69 Å². The molecule has 1 N–H and O–H groups in total. The summed E-state index contributed by atoms with van der Waals surface area (Å²) in [5.74, 6) is -0.147. The van der Waals surface area contributed by atoms with Crippen LogP contribution in [0, 0.1) is 13.8 Å². The van der Waals surface area contributed by atoms with E-state index < -0.39 is 6.04 Å². The Labute approximate surface area is 165 Å². The van der Waals surface area contributed by atoms with Crippen molar-refractivity contribution in [3.63, 3.8) is 0 Å². The van der Waals surface area contributed by atoms with Crippen LogP contribution in [0.2, 0.25) is 5.02 Å². The van der Waals surface area contributed by atoms with Gasteiger partial charge in [0.05, 0.1) is 33.6 Å². The zero-order chi connectivity index (χ0) is 18.8. The molecule has 1 unspecified atom stereocenters. The molecular formula is C18H19BrClN5O. The van der Waals surface area contributed by atoms with Crippen LogP contribution in [-0.2, 0) is 11.3 Å². The maximum absolute atomic E-state index is 12.6. The maximum atomic E-state index is 12.6. The molecule has 0 saturated carbocycles. The minimum Gasteiger partial charge on any atom is -0.324 e. The molecule has 2 aromatic heterocycles. The van der Waals surface area contributed by atoms with Crippen LogP contribution in [-0.4, -0.2) is 25.5 Å². The molecule has 0 radical (unpaired) electrons. The average Bonchev–Trinajstić information content (AvgIpc) is 3.12. The smallest absolute Gasteiger partial charge is 0.248 e. The number of amides is 1. The summed E-state index contributed by atoms with van der Waals surface area (Å²) < 4.78 is 4.41. The Kier molecular flexibility index (Phi) is 5.48. The normalized spacial score (nSPS) is 12.2. The summed E-state index contributed by atoms with van der Waals surface area (Å²) in [6, 6.07) is 7.24. The highest BCUT2D eigenvalue weighted by Crippen LogP contribution is 2.23. The van der Waals surface area contributed by atoms with Gasteiger partial charge in [0.1, 0.15) is 6.04 Å². The summed E-state index contributed by atoms with van der Waals surface area (Å²) in [6.45, 7) is 6.11. The van der Waals surface area contributed by atoms with Gasteiger partial charge in [0.2, 0.25) is 5.91 Å². The van der Waals surface area contributed by atoms with Gasteiger partial charge in [0, 0.05) is 11.9 Å². The summed E-state index contributed by atoms with van der Waals surface area (Å²) in [6.07, 6.45) is 3.65. The molecule has 0 aliphatic rings. The molecule has 8 heteroatoms. The van der Waals surface area contributed by atoms with E-state index in [-0.39, 0.29) is 5.91 Å². The van der Waals surface area contributed by atoms with Crippen molar-refractivity contribution in [2.75, 3.05) is 5.32 Å². The van der Waals surface area contributed by atoms with E-state index in [1.54, 1.807) is 17.8 Å². The van der Waals surface area contributed by atoms with Crippen LogP contribution in [0.25, 0.3) is 0 Å². The number of carbonyl (C=O) groups excluding carboxylic acids is 1. The van der Waals surface area contributed by atoms with E-state index in [0.717, 1.165) is 27.1 Å². The first-order valence-corrected chi connectivity index (χ1v) is 9.31. The van der Waals surface area contributed by atoms with E-state index in [1.165, 1.54) is 0 Å². The van der Waals surface area contributed by atoms with Gasteiger partial charge in [-0.25, -0.2) is 0 Å². The Morgan fingerprint density at radius 3 is 2.77 bits per heavy atom. The van der Waals surface area contributed by atoms with E-state index in [2.05, 4.69) is 31.4 Å². The van der Waals surface area contributed by atoms with Gasteiger partial charge in [-0.2, -0.15) is 10.2 Å². The van der Waals surface area contributed by atoms with Crippen molar-refractivity contribution < 1.29 is 4.79 Å². The highest BCUT2D eigenvalue weighted by molar-refractivity contribution is 9.10. The lowest BCUT2D eigenvalue weighted by molar-refractivity contribution is -0.119. The molecule has 136 valence electrons. The molecular weight excluding hydrogens is 418 g/mol. The second-order valence-corrected chi connectivity index (χ2v) is 7.44. The summed E-state index contributed by atoms with van der Waals surface area (Å²) >= 11 is 9.57. The number of benzene rings is 1. The molecule has 0 spiro atoms. The number of aryl methyl sites for hydroxylation is 1. The molecule has 26 heavy (non-hydrogen) atoms. The Hall–Kier alpha value is -2.12. The second-order valence-electron chi connectivity index (χ2n) is 6.15. The van der Waals surface area contributed by atoms with Gasteiger partial charge in [0.25, 0.3) is 0 Å². The van der Waals surface area contributed by atoms with E-state index in [0.29, 0.717) is 11.6 Å². The summed E-state index contributed by atoms with van der Waals surface area (Å²) in [4.78, 5) is 12.6. The first-order chi connectivity index (χ1) is 12.3. The lowest BCUT2D eigenvalue weighted by Gasteiger charge is -2.15. The van der Waals surface area contributed by atoms with Crippen molar-refractivity contribution in [3.8, 4) is 0 Å². The van der Waals surface area contributed by atoms with Gasteiger partial charge in [-0.05, 0) is 54.4 Å². The predicted octanol–water partition coefficient (Wildman–Crippen LogP) is 4.36. The van der Waals surface area contributed by atoms with Crippen molar-refractivity contribution in [2.45, 2.75) is 33.4 Å². The molecule has 0 saturated heterocycles. The third-order valence-electron chi connectivity index (χ3n) is 4.12. The number of nitrogens with one attached hydrogen (secondary N) is 1. The van der Waals surface area contributed by atoms with Crippen LogP contribution in [0.3, 0.4) is 0 Å². The van der Waals surface area contributed by atoms with E-state index in [9.17, 15) is 4.79 Å². The van der Waals surface area contributed by atoms with Crippen molar-refractivity contribution in [3.05, 3.63) is 63.1 Å². The number of hydrogen-bond donors (Lipinski definition) is 1. The molecule has 0 bridgehead atoms. The Morgan fingerprint density at radius 1 is 1.38 bits per heavy atom. The monoisotopic (exact) mass is 435 g/mol. The van der Waals surface area contributed by atoms with E-state index in [4.69, 9.17) is 11.6 Å². The quantitative estimate of drug-likeness (QED) is 0.646. The number of rotatable bonds is 5. The average molecular weight is 437 g/mol. The minimum atomic E-state index is -0.466. The topological polar surface area (TPSA) is 64.7 Å². The molecule has 6 nitrogen and oxygen atoms in total. The molecule has 0 fully saturated rings. The van der Waals surface area contributed by atoms with Crippen molar-refractivity contribution in [1.82, 2.24) is 19.6 Å². The zero-order valence-electron chi connectivity index (χ0n) is 14.7. The Bertz CT molecular complexity index is 949. The molecule has 3 aromatic rings. The maximum Gasteiger partial charge on any atom is 0.248 e. The molecule has 2 heterocycles. The minimum absolute atomic E-state index is 0.147. The third-order valence-corrected chi connectivity index (χ3v) is 5.08. The van der Waals surface area contributed by atoms with Crippen molar-refractivity contribution in [1.29, 1.82) is 0 Å². The zero-order valence-corrected chi connectivity index (χ0v) is 17.0. The van der Waals surface area contributed by atoms with Crippen molar-refractivity contribution >= 4 is 39.1 Å². The van der Waals surface area contributed by atoms with Gasteiger partial charge < -0.3 is 5.32 Å². The van der Waals surface area contributed by atoms with Gasteiger partial charge in [-0.1, -0.05) is 23.7 Å². The van der Waals surface area contributed by atoms with Crippen LogP contribution in [0.15, 0.2) is 41.1 Å². The second kappa shape index (κ2) is 7.63. The van der Waals surface area contributed by atoms with E-state index in [1.807, 2.05) is 49.0 Å². The lowest BCUT2D eigenvalue weighted by Crippen LogP contribution is -2.25. The largest absolute Gasteiger partial charge is 0.324 e. The summed E-state index contributed by atoms with van der Waals surface area (Å²) in [5.41, 5.74) is 3.28. The molecule has 1 atom stereocenters. The highest BCUT2D eigenvalue weighted by atomic mass is 79.9. The Balaban J connectivity index is 1.72. The standard InChI is InChI=1S/C18H19BrClN5O/c1-11-17(20)12(2)25(23-11)13(3)18(26)22-16-6-4-5-14(7-16)9-24-10-15(19)8-21-24/h4-8,10,13H,9H2,1-3H3,(H,22,26). The fraction of sp³-hybridized carbons (Fsp3) is 0.278. The van der Waals surface area contributed by atoms with Crippen LogP contribution < -0.4 is 5.32 Å². The summed E-state index contributed by atoms with van der Waals surface area (Å²) in [5, 5.41) is 12.1. The van der Waals surface area contributed by atoms with Crippen molar-refractivity contribution in [2.24, 2.45) is 0 Å². The number of carbonyl (C=O) groups is 1.